The molecular weight excluding hydrogens is 412 g/mol. The molecule has 1 unspecified atom stereocenters. The predicted molar refractivity (Wildman–Crippen MR) is 116 cm³/mol. The smallest absolute Gasteiger partial charge is 0.430 e. The minimum absolute atomic E-state index is 0.00132. The van der Waals surface area contributed by atoms with Crippen LogP contribution in [-0.2, 0) is 27.5 Å². The molecule has 1 aliphatic rings. The Morgan fingerprint density at radius 1 is 0.875 bits per heavy atom. The van der Waals surface area contributed by atoms with Crippen molar-refractivity contribution in [2.75, 3.05) is 6.54 Å². The highest BCUT2D eigenvalue weighted by atomic mass is 16.6. The summed E-state index contributed by atoms with van der Waals surface area (Å²) in [6.45, 7) is 5.12. The monoisotopic (exact) mass is 440 g/mol. The quantitative estimate of drug-likeness (QED) is 0.738. The summed E-state index contributed by atoms with van der Waals surface area (Å²) in [6.07, 6.45) is -1.68. The third-order valence-electron chi connectivity index (χ3n) is 5.68. The van der Waals surface area contributed by atoms with Gasteiger partial charge in [-0.1, -0.05) is 81.4 Å². The van der Waals surface area contributed by atoms with Gasteiger partial charge in [-0.05, 0) is 16.5 Å². The maximum absolute atomic E-state index is 13.2. The van der Waals surface area contributed by atoms with Gasteiger partial charge in [0.15, 0.2) is 5.54 Å². The van der Waals surface area contributed by atoms with E-state index in [1.54, 1.807) is 45.0 Å². The van der Waals surface area contributed by atoms with Gasteiger partial charge >= 0.3 is 18.2 Å². The first-order valence-electron chi connectivity index (χ1n) is 10.4. The molecule has 0 aliphatic carbocycles. The number of hydrogen-bond acceptors (Lipinski definition) is 5. The molecule has 1 saturated heterocycles. The predicted octanol–water partition coefficient (Wildman–Crippen LogP) is 4.45. The molecule has 0 radical (unpaired) electrons. The number of rotatable bonds is 5. The van der Waals surface area contributed by atoms with E-state index in [1.807, 2.05) is 36.4 Å². The summed E-state index contributed by atoms with van der Waals surface area (Å²) < 4.78 is 10.8. The highest BCUT2D eigenvalue weighted by Crippen LogP contribution is 2.44. The number of aliphatic carboxylic acids is 1. The van der Waals surface area contributed by atoms with Crippen molar-refractivity contribution < 1.29 is 29.0 Å². The third-order valence-corrected chi connectivity index (χ3v) is 5.68. The van der Waals surface area contributed by atoms with Crippen LogP contribution in [0, 0.1) is 5.41 Å². The zero-order valence-corrected chi connectivity index (χ0v) is 18.5. The Kier molecular flexibility index (Phi) is 6.72. The molecule has 0 saturated carbocycles. The lowest BCUT2D eigenvalue weighted by molar-refractivity contribution is -0.164. The Morgan fingerprint density at radius 3 is 1.78 bits per heavy atom. The normalized spacial score (nSPS) is 18.3. The Morgan fingerprint density at radius 2 is 1.34 bits per heavy atom. The molecule has 0 bridgehead atoms. The number of carboxylic acids is 1. The second kappa shape index (κ2) is 9.30. The average Bonchev–Trinajstić information content (AvgIpc) is 3.19. The van der Waals surface area contributed by atoms with Crippen molar-refractivity contribution in [1.29, 1.82) is 0 Å². The van der Waals surface area contributed by atoms with Crippen molar-refractivity contribution >= 4 is 18.2 Å². The third kappa shape index (κ3) is 4.54. The number of amides is 2. The summed E-state index contributed by atoms with van der Waals surface area (Å²) in [6, 6.07) is 18.1. The molecule has 1 heterocycles. The molecule has 32 heavy (non-hydrogen) atoms. The molecule has 1 fully saturated rings. The van der Waals surface area contributed by atoms with E-state index >= 15 is 0 Å². The van der Waals surface area contributed by atoms with Crippen LogP contribution in [0.2, 0.25) is 0 Å². The van der Waals surface area contributed by atoms with Gasteiger partial charge in [-0.25, -0.2) is 19.4 Å². The van der Waals surface area contributed by atoms with Crippen molar-refractivity contribution in [1.82, 2.24) is 10.0 Å². The molecule has 2 aromatic carbocycles. The van der Waals surface area contributed by atoms with Crippen LogP contribution < -0.4 is 0 Å². The van der Waals surface area contributed by atoms with Crippen LogP contribution in [0.15, 0.2) is 60.7 Å². The lowest BCUT2D eigenvalue weighted by Gasteiger charge is -2.44. The van der Waals surface area contributed by atoms with Crippen LogP contribution in [0.4, 0.5) is 9.59 Å². The Labute approximate surface area is 187 Å². The lowest BCUT2D eigenvalue weighted by atomic mass is 9.72. The fourth-order valence-corrected chi connectivity index (χ4v) is 3.89. The van der Waals surface area contributed by atoms with Gasteiger partial charge in [-0.3, -0.25) is 0 Å². The molecule has 3 rings (SSSR count). The Bertz CT molecular complexity index is 957. The van der Waals surface area contributed by atoms with E-state index in [-0.39, 0.29) is 26.2 Å². The molecule has 0 aromatic heterocycles. The highest BCUT2D eigenvalue weighted by Gasteiger charge is 2.63. The summed E-state index contributed by atoms with van der Waals surface area (Å²) in [4.78, 5) is 38.6. The zero-order valence-electron chi connectivity index (χ0n) is 18.5. The molecule has 2 aromatic rings. The van der Waals surface area contributed by atoms with Crippen molar-refractivity contribution in [3.63, 3.8) is 0 Å². The fraction of sp³-hybridized carbons (Fsp3) is 0.375. The minimum Gasteiger partial charge on any atom is -0.479 e. The van der Waals surface area contributed by atoms with E-state index in [2.05, 4.69) is 0 Å². The van der Waals surface area contributed by atoms with Crippen molar-refractivity contribution in [3.05, 3.63) is 71.8 Å². The minimum atomic E-state index is -1.67. The van der Waals surface area contributed by atoms with Gasteiger partial charge in [-0.15, -0.1) is 0 Å². The second-order valence-electron chi connectivity index (χ2n) is 8.68. The van der Waals surface area contributed by atoms with Crippen molar-refractivity contribution in [3.8, 4) is 0 Å². The van der Waals surface area contributed by atoms with Gasteiger partial charge in [0.2, 0.25) is 0 Å². The van der Waals surface area contributed by atoms with E-state index in [0.717, 1.165) is 21.1 Å². The standard InChI is InChI=1S/C24H28N2O6/c1-23(2,3)24(20(27)28)14-15-25(21(29)31-16-18-10-6-4-7-11-18)26(24)22(30)32-17-19-12-8-5-9-13-19/h4-13H,14-17H2,1-3H3,(H,27,28). The number of carbonyl (C=O) groups is 3. The molecular formula is C24H28N2O6. The van der Waals surface area contributed by atoms with Gasteiger partial charge in [0, 0.05) is 13.0 Å². The summed E-state index contributed by atoms with van der Waals surface area (Å²) in [5, 5.41) is 12.1. The Balaban J connectivity index is 1.85. The number of benzene rings is 2. The molecule has 1 aliphatic heterocycles. The first-order chi connectivity index (χ1) is 15.2. The van der Waals surface area contributed by atoms with E-state index in [4.69, 9.17) is 9.47 Å². The van der Waals surface area contributed by atoms with Gasteiger partial charge in [-0.2, -0.15) is 5.01 Å². The van der Waals surface area contributed by atoms with E-state index in [0.29, 0.717) is 0 Å². The molecule has 170 valence electrons. The van der Waals surface area contributed by atoms with Crippen LogP contribution in [0.1, 0.15) is 38.3 Å². The number of ether oxygens (including phenoxy) is 2. The van der Waals surface area contributed by atoms with Crippen LogP contribution in [0.5, 0.6) is 0 Å². The summed E-state index contributed by atoms with van der Waals surface area (Å²) >= 11 is 0. The van der Waals surface area contributed by atoms with Crippen LogP contribution in [0.3, 0.4) is 0 Å². The summed E-state index contributed by atoms with van der Waals surface area (Å²) in [7, 11) is 0. The number of carbonyl (C=O) groups excluding carboxylic acids is 2. The van der Waals surface area contributed by atoms with E-state index in [9.17, 15) is 19.5 Å². The van der Waals surface area contributed by atoms with Crippen molar-refractivity contribution in [2.45, 2.75) is 45.9 Å². The van der Waals surface area contributed by atoms with Gasteiger partial charge in [0.1, 0.15) is 13.2 Å². The van der Waals surface area contributed by atoms with Crippen molar-refractivity contribution in [2.24, 2.45) is 5.41 Å². The largest absolute Gasteiger partial charge is 0.479 e. The summed E-state index contributed by atoms with van der Waals surface area (Å²) in [5.74, 6) is -1.21. The first-order valence-corrected chi connectivity index (χ1v) is 10.4. The van der Waals surface area contributed by atoms with Crippen LogP contribution >= 0.6 is 0 Å². The van der Waals surface area contributed by atoms with E-state index < -0.39 is 29.1 Å². The van der Waals surface area contributed by atoms with E-state index in [1.165, 1.54) is 0 Å². The number of hydrazine groups is 1. The lowest BCUT2D eigenvalue weighted by Crippen LogP contribution is -2.64. The topological polar surface area (TPSA) is 96.4 Å². The SMILES string of the molecule is CC(C)(C)C1(C(=O)O)CCN(C(=O)OCc2ccccc2)N1C(=O)OCc1ccccc1. The van der Waals surface area contributed by atoms with Gasteiger partial charge in [0.05, 0.1) is 0 Å². The molecule has 1 N–H and O–H groups in total. The van der Waals surface area contributed by atoms with Gasteiger partial charge < -0.3 is 14.6 Å². The molecule has 8 heteroatoms. The summed E-state index contributed by atoms with van der Waals surface area (Å²) in [5.41, 5.74) is -1.04. The first kappa shape index (κ1) is 23.1. The molecule has 2 amide bonds. The average molecular weight is 440 g/mol. The fourth-order valence-electron chi connectivity index (χ4n) is 3.89. The maximum atomic E-state index is 13.2. The molecule has 0 spiro atoms. The zero-order chi connectivity index (χ0) is 23.4. The van der Waals surface area contributed by atoms with Gasteiger partial charge in [0.25, 0.3) is 0 Å². The molecule has 1 atom stereocenters. The van der Waals surface area contributed by atoms with Crippen LogP contribution in [0.25, 0.3) is 0 Å². The van der Waals surface area contributed by atoms with Crippen LogP contribution in [-0.4, -0.2) is 45.4 Å². The Hall–Kier alpha value is -3.55. The highest BCUT2D eigenvalue weighted by molar-refractivity contribution is 5.88. The number of nitrogens with zero attached hydrogens (tertiary/aromatic N) is 2. The maximum Gasteiger partial charge on any atom is 0.430 e. The second-order valence-corrected chi connectivity index (χ2v) is 8.68. The number of hydrogen-bond donors (Lipinski definition) is 1. The molecule has 8 nitrogen and oxygen atoms in total. The number of carboxylic acid groups (broad SMARTS) is 1.